The second kappa shape index (κ2) is 27.7. The van der Waals surface area contributed by atoms with Crippen molar-refractivity contribution in [2.45, 2.75) is 135 Å². The van der Waals surface area contributed by atoms with Crippen molar-refractivity contribution in [2.24, 2.45) is 0 Å². The maximum atomic E-state index is 17.5. The van der Waals surface area contributed by atoms with Crippen LogP contribution >= 0.6 is 68.0 Å². The number of thiophene rings is 6. The third-order valence-electron chi connectivity index (χ3n) is 14.3. The van der Waals surface area contributed by atoms with Crippen LogP contribution in [0.3, 0.4) is 0 Å². The molecule has 1 aliphatic rings. The Hall–Kier alpha value is -2.80. The van der Waals surface area contributed by atoms with E-state index in [9.17, 15) is 0 Å². The SMILES string of the molecule is CCOCCOCCOCCOC(CC)(CC)c1ccc(-c2sc(-c3ccc(C(C)(C)C)s3)cc2C2=C(c3cc(-c4ccc(C(C)(C)C)s4)sc3-c3ccc(C(C)(CC)OCCOCCOCCOC)s3)C(F)(F)C(F)(F)C2(F)F)s1. The summed E-state index contributed by atoms with van der Waals surface area (Å²) in [6.07, 6.45) is 1.61. The van der Waals surface area contributed by atoms with Crippen LogP contribution in [0.5, 0.6) is 0 Å². The van der Waals surface area contributed by atoms with Crippen molar-refractivity contribution in [2.75, 3.05) is 93.0 Å². The van der Waals surface area contributed by atoms with E-state index in [1.54, 1.807) is 19.2 Å². The third-order valence-corrected chi connectivity index (χ3v) is 22.9. The van der Waals surface area contributed by atoms with Crippen molar-refractivity contribution in [3.63, 3.8) is 0 Å². The van der Waals surface area contributed by atoms with Crippen molar-refractivity contribution in [1.82, 2.24) is 0 Å². The van der Waals surface area contributed by atoms with Gasteiger partial charge < -0.3 is 37.9 Å². The molecule has 0 amide bonds. The first-order chi connectivity index (χ1) is 38.3. The van der Waals surface area contributed by atoms with E-state index >= 15 is 26.3 Å². The molecule has 7 rings (SSSR count). The van der Waals surface area contributed by atoms with E-state index in [4.69, 9.17) is 37.9 Å². The van der Waals surface area contributed by atoms with Crippen LogP contribution in [0, 0.1) is 0 Å². The molecule has 8 nitrogen and oxygen atoms in total. The molecule has 6 aromatic heterocycles. The Morgan fingerprint density at radius 2 is 0.765 bits per heavy atom. The van der Waals surface area contributed by atoms with Gasteiger partial charge in [0.15, 0.2) is 0 Å². The van der Waals surface area contributed by atoms with Crippen molar-refractivity contribution in [3.05, 3.63) is 91.3 Å². The molecule has 6 aromatic rings. The van der Waals surface area contributed by atoms with Gasteiger partial charge >= 0.3 is 17.8 Å². The molecule has 0 saturated carbocycles. The molecular weight excluding hydrogens is 1170 g/mol. The average Bonchev–Trinajstić information content (AvgIpc) is 2.90. The Bertz CT molecular complexity index is 2980. The molecule has 6 heterocycles. The van der Waals surface area contributed by atoms with E-state index in [0.29, 0.717) is 108 Å². The molecule has 0 bridgehead atoms. The maximum absolute atomic E-state index is 17.5. The number of allylic oxidation sites excluding steroid dienone is 2. The summed E-state index contributed by atoms with van der Waals surface area (Å²) < 4.78 is 150. The lowest BCUT2D eigenvalue weighted by Gasteiger charge is -2.31. The fraction of sp³-hybridized carbons (Fsp3) is 0.574. The Morgan fingerprint density at radius 3 is 1.17 bits per heavy atom. The van der Waals surface area contributed by atoms with Gasteiger partial charge in [-0.25, -0.2) is 0 Å². The van der Waals surface area contributed by atoms with Crippen molar-refractivity contribution >= 4 is 79.2 Å². The largest absolute Gasteiger partial charge is 0.382 e. The summed E-state index contributed by atoms with van der Waals surface area (Å²) in [5.41, 5.74) is -5.72. The summed E-state index contributed by atoms with van der Waals surface area (Å²) in [6, 6.07) is 17.7. The first-order valence-corrected chi connectivity index (χ1v) is 32.5. The minimum atomic E-state index is -5.81. The number of halogens is 6. The Morgan fingerprint density at radius 1 is 0.395 bits per heavy atom. The zero-order valence-corrected chi connectivity index (χ0v) is 53.5. The molecule has 0 spiro atoms. The van der Waals surface area contributed by atoms with Crippen LogP contribution in [0.1, 0.15) is 126 Å². The smallest absolute Gasteiger partial charge is 0.380 e. The van der Waals surface area contributed by atoms with E-state index < -0.39 is 40.1 Å². The van der Waals surface area contributed by atoms with Crippen LogP contribution in [0.15, 0.2) is 60.7 Å². The fourth-order valence-electron chi connectivity index (χ4n) is 9.28. The van der Waals surface area contributed by atoms with Crippen molar-refractivity contribution in [3.8, 4) is 39.0 Å². The van der Waals surface area contributed by atoms with Crippen LogP contribution < -0.4 is 0 Å². The minimum absolute atomic E-state index is 0.178. The molecular formula is C61H78F6O8S6. The summed E-state index contributed by atoms with van der Waals surface area (Å²) in [7, 11) is 1.60. The molecule has 81 heavy (non-hydrogen) atoms. The third kappa shape index (κ3) is 14.6. The highest BCUT2D eigenvalue weighted by Crippen LogP contribution is 2.68. The van der Waals surface area contributed by atoms with E-state index in [0.717, 1.165) is 42.2 Å². The monoisotopic (exact) mass is 1240 g/mol. The van der Waals surface area contributed by atoms with Gasteiger partial charge in [-0.3, -0.25) is 0 Å². The van der Waals surface area contributed by atoms with Gasteiger partial charge in [0.2, 0.25) is 0 Å². The summed E-state index contributed by atoms with van der Waals surface area (Å²) in [5, 5.41) is 0. The van der Waals surface area contributed by atoms with Gasteiger partial charge in [-0.15, -0.1) is 68.0 Å². The topological polar surface area (TPSA) is 73.8 Å². The number of rotatable bonds is 32. The average molecular weight is 1250 g/mol. The lowest BCUT2D eigenvalue weighted by atomic mass is 9.93. The van der Waals surface area contributed by atoms with Crippen LogP contribution in [-0.4, -0.2) is 111 Å². The Labute approximate surface area is 498 Å². The number of ether oxygens (including phenoxy) is 8. The van der Waals surface area contributed by atoms with Crippen molar-refractivity contribution in [1.29, 1.82) is 0 Å². The van der Waals surface area contributed by atoms with Gasteiger partial charge in [0, 0.05) is 84.8 Å². The number of hydrogen-bond donors (Lipinski definition) is 0. The zero-order chi connectivity index (χ0) is 59.0. The van der Waals surface area contributed by atoms with E-state index in [1.807, 2.05) is 71.0 Å². The van der Waals surface area contributed by atoms with Crippen molar-refractivity contribution < 1.29 is 64.2 Å². The van der Waals surface area contributed by atoms with Crippen LogP contribution in [0.4, 0.5) is 26.3 Å². The Balaban J connectivity index is 1.36. The highest BCUT2D eigenvalue weighted by Gasteiger charge is 2.80. The summed E-state index contributed by atoms with van der Waals surface area (Å²) in [4.78, 5) is 7.19. The lowest BCUT2D eigenvalue weighted by molar-refractivity contribution is -0.254. The van der Waals surface area contributed by atoms with E-state index in [1.165, 1.54) is 57.5 Å². The van der Waals surface area contributed by atoms with Gasteiger partial charge in [-0.05, 0) is 105 Å². The van der Waals surface area contributed by atoms with Crippen LogP contribution in [0.25, 0.3) is 50.2 Å². The van der Waals surface area contributed by atoms with Gasteiger partial charge in [0.1, 0.15) is 5.60 Å². The van der Waals surface area contributed by atoms with Gasteiger partial charge in [0.25, 0.3) is 0 Å². The van der Waals surface area contributed by atoms with Crippen LogP contribution in [0.2, 0.25) is 0 Å². The predicted molar refractivity (Wildman–Crippen MR) is 324 cm³/mol. The highest BCUT2D eigenvalue weighted by molar-refractivity contribution is 7.27. The molecule has 1 aliphatic carbocycles. The predicted octanol–water partition coefficient (Wildman–Crippen LogP) is 18.6. The minimum Gasteiger partial charge on any atom is -0.382 e. The molecule has 0 aliphatic heterocycles. The zero-order valence-electron chi connectivity index (χ0n) is 48.6. The van der Waals surface area contributed by atoms with Gasteiger partial charge in [0.05, 0.1) is 94.6 Å². The Kier molecular flexibility index (Phi) is 22.5. The fourth-order valence-corrected chi connectivity index (χ4v) is 16.6. The first kappa shape index (κ1) is 65.7. The molecule has 0 saturated heterocycles. The highest BCUT2D eigenvalue weighted by atomic mass is 32.1. The van der Waals surface area contributed by atoms with Gasteiger partial charge in [-0.2, -0.15) is 26.3 Å². The van der Waals surface area contributed by atoms with E-state index in [-0.39, 0.29) is 58.1 Å². The molecule has 0 radical (unpaired) electrons. The molecule has 0 fully saturated rings. The van der Waals surface area contributed by atoms with E-state index in [2.05, 4.69) is 41.5 Å². The second-order valence-electron chi connectivity index (χ2n) is 22.0. The molecule has 0 aromatic carbocycles. The number of hydrogen-bond acceptors (Lipinski definition) is 14. The first-order valence-electron chi connectivity index (χ1n) is 27.6. The molecule has 0 N–H and O–H groups in total. The summed E-state index contributed by atoms with van der Waals surface area (Å²) >= 11 is 7.72. The molecule has 1 atom stereocenters. The number of methoxy groups -OCH3 is 1. The number of alkyl halides is 6. The lowest BCUT2D eigenvalue weighted by Crippen LogP contribution is -2.48. The standard InChI is InChI=1S/C61H78F6O8S6/c1-13-57(11,74-35-33-72-31-29-70-26-25-68-12)49-23-19-43(78-49)53-39(37-45(80-53)41-17-21-47(76-41)55(5,6)7)51-52(60(64,65)61(66,67)59(51,62)63)40-38-46(42-18-22-48(77-42)56(8,9)10)81-54(40)44-20-24-50(79-44)58(14-2,15-3)75-36-34-73-32-30-71-28-27-69-16-4/h17-24,37-38H,13-16,25-36H2,1-12H3. The normalized spacial score (nSPS) is 16.3. The second-order valence-corrected chi connectivity index (χ2v) is 28.4. The summed E-state index contributed by atoms with van der Waals surface area (Å²) in [6.45, 7) is 27.2. The molecule has 448 valence electrons. The maximum Gasteiger partial charge on any atom is 0.380 e. The van der Waals surface area contributed by atoms with Gasteiger partial charge in [-0.1, -0.05) is 62.3 Å². The molecule has 1 unspecified atom stereocenters. The quantitative estimate of drug-likeness (QED) is 0.0306. The summed E-state index contributed by atoms with van der Waals surface area (Å²) in [5.74, 6) is -16.5. The molecule has 20 heteroatoms. The van der Waals surface area contributed by atoms with Crippen LogP contribution in [-0.2, 0) is 59.9 Å².